The smallest absolute Gasteiger partial charge is 0.271 e. The number of carbonyl (C=O) groups excluding carboxylic acids is 1. The van der Waals surface area contributed by atoms with Gasteiger partial charge in [-0.2, -0.15) is 5.10 Å². The number of carbonyl (C=O) groups is 1. The number of hydrogen-bond acceptors (Lipinski definition) is 3. The van der Waals surface area contributed by atoms with E-state index in [9.17, 15) is 4.79 Å². The maximum Gasteiger partial charge on any atom is 0.271 e. The van der Waals surface area contributed by atoms with Crippen molar-refractivity contribution >= 4 is 17.5 Å². The number of likely N-dealkylation sites (tertiary alicyclic amines) is 1. The Hall–Kier alpha value is -1.85. The van der Waals surface area contributed by atoms with Gasteiger partial charge in [0.15, 0.2) is 0 Å². The summed E-state index contributed by atoms with van der Waals surface area (Å²) in [6.07, 6.45) is 5.08. The van der Waals surface area contributed by atoms with Crippen LogP contribution in [0.3, 0.4) is 0 Å². The molecule has 1 saturated heterocycles. The quantitative estimate of drug-likeness (QED) is 0.780. The van der Waals surface area contributed by atoms with E-state index in [2.05, 4.69) is 22.1 Å². The van der Waals surface area contributed by atoms with E-state index in [1.165, 1.54) is 18.4 Å². The predicted octanol–water partition coefficient (Wildman–Crippen LogP) is 3.10. The van der Waals surface area contributed by atoms with Crippen LogP contribution in [0.5, 0.6) is 0 Å². The second kappa shape index (κ2) is 8.69. The first-order valence-electron chi connectivity index (χ1n) is 9.23. The van der Waals surface area contributed by atoms with Gasteiger partial charge in [0.05, 0.1) is 0 Å². The second-order valence-corrected chi connectivity index (χ2v) is 7.65. The molecule has 1 aromatic heterocycles. The van der Waals surface area contributed by atoms with Crippen LogP contribution < -0.4 is 0 Å². The molecule has 2 heterocycles. The van der Waals surface area contributed by atoms with E-state index >= 15 is 0 Å². The lowest BCUT2D eigenvalue weighted by molar-refractivity contribution is 0.0720. The minimum absolute atomic E-state index is 0.0447. The van der Waals surface area contributed by atoms with Crippen molar-refractivity contribution in [1.82, 2.24) is 19.6 Å². The molecule has 3 rings (SSSR count). The van der Waals surface area contributed by atoms with E-state index in [-0.39, 0.29) is 5.91 Å². The minimum atomic E-state index is 0.0447. The van der Waals surface area contributed by atoms with Gasteiger partial charge in [0.2, 0.25) is 0 Å². The lowest BCUT2D eigenvalue weighted by Gasteiger charge is -2.34. The number of amides is 1. The van der Waals surface area contributed by atoms with Crippen molar-refractivity contribution < 1.29 is 4.79 Å². The first-order chi connectivity index (χ1) is 12.5. The maximum atomic E-state index is 12.6. The fourth-order valence-electron chi connectivity index (χ4n) is 3.69. The molecule has 0 bridgehead atoms. The van der Waals surface area contributed by atoms with Crippen molar-refractivity contribution in [2.24, 2.45) is 13.0 Å². The lowest BCUT2D eigenvalue weighted by atomic mass is 9.97. The van der Waals surface area contributed by atoms with Crippen molar-refractivity contribution in [1.29, 1.82) is 0 Å². The van der Waals surface area contributed by atoms with E-state index in [1.807, 2.05) is 24.1 Å². The van der Waals surface area contributed by atoms with E-state index in [1.54, 1.807) is 24.0 Å². The molecule has 1 amide bonds. The highest BCUT2D eigenvalue weighted by atomic mass is 35.5. The first kappa shape index (κ1) is 18.9. The molecular weight excluding hydrogens is 348 g/mol. The zero-order valence-corrected chi connectivity index (χ0v) is 16.3. The van der Waals surface area contributed by atoms with E-state index < -0.39 is 0 Å². The Morgan fingerprint density at radius 3 is 2.77 bits per heavy atom. The number of aryl methyl sites for hydroxylation is 1. The number of rotatable bonds is 6. The van der Waals surface area contributed by atoms with Crippen molar-refractivity contribution in [3.05, 3.63) is 52.8 Å². The fourth-order valence-corrected chi connectivity index (χ4v) is 3.82. The Labute approximate surface area is 160 Å². The molecule has 1 aromatic carbocycles. The maximum absolute atomic E-state index is 12.6. The van der Waals surface area contributed by atoms with Crippen molar-refractivity contribution in [3.63, 3.8) is 0 Å². The van der Waals surface area contributed by atoms with Crippen LogP contribution in [0.25, 0.3) is 0 Å². The zero-order valence-electron chi connectivity index (χ0n) is 15.6. The van der Waals surface area contributed by atoms with Crippen molar-refractivity contribution in [3.8, 4) is 0 Å². The monoisotopic (exact) mass is 374 g/mol. The third-order valence-electron chi connectivity index (χ3n) is 5.15. The Kier molecular flexibility index (Phi) is 6.33. The van der Waals surface area contributed by atoms with Crippen LogP contribution in [-0.4, -0.2) is 58.7 Å². The molecule has 140 valence electrons. The number of aromatic nitrogens is 2. The van der Waals surface area contributed by atoms with Gasteiger partial charge in [-0.1, -0.05) is 23.7 Å². The summed E-state index contributed by atoms with van der Waals surface area (Å²) in [7, 11) is 3.70. The molecule has 1 atom stereocenters. The average molecular weight is 375 g/mol. The molecule has 0 N–H and O–H groups in total. The Morgan fingerprint density at radius 2 is 2.08 bits per heavy atom. The molecule has 1 aliphatic rings. The summed E-state index contributed by atoms with van der Waals surface area (Å²) in [4.78, 5) is 16.9. The Balaban J connectivity index is 1.49. The summed E-state index contributed by atoms with van der Waals surface area (Å²) in [5.41, 5.74) is 1.96. The lowest BCUT2D eigenvalue weighted by Crippen LogP contribution is -2.42. The predicted molar refractivity (Wildman–Crippen MR) is 104 cm³/mol. The van der Waals surface area contributed by atoms with E-state index in [0.717, 1.165) is 37.6 Å². The summed E-state index contributed by atoms with van der Waals surface area (Å²) in [5.74, 6) is 0.569. The van der Waals surface area contributed by atoms with Gasteiger partial charge in [-0.15, -0.1) is 0 Å². The van der Waals surface area contributed by atoms with Gasteiger partial charge >= 0.3 is 0 Å². The molecule has 1 aliphatic heterocycles. The normalized spacial score (nSPS) is 18.0. The highest BCUT2D eigenvalue weighted by molar-refractivity contribution is 6.30. The van der Waals surface area contributed by atoms with Gasteiger partial charge in [0, 0.05) is 44.9 Å². The highest BCUT2D eigenvalue weighted by Gasteiger charge is 2.24. The van der Waals surface area contributed by atoms with Gasteiger partial charge in [-0.25, -0.2) is 0 Å². The zero-order chi connectivity index (χ0) is 18.5. The van der Waals surface area contributed by atoms with Crippen LogP contribution >= 0.6 is 11.6 Å². The number of hydrogen-bond donors (Lipinski definition) is 0. The van der Waals surface area contributed by atoms with Crippen LogP contribution in [-0.2, 0) is 13.5 Å². The topological polar surface area (TPSA) is 41.4 Å². The molecule has 0 radical (unpaired) electrons. The standard InChI is InChI=1S/C20H27ClN4O/c1-23(20(26)19-9-11-22-24(19)2)14-17-4-3-12-25(15-17)13-10-16-5-7-18(21)8-6-16/h5-9,11,17H,3-4,10,12-15H2,1-2H3/t17-/m1/s1. The van der Waals surface area contributed by atoms with Gasteiger partial charge < -0.3 is 9.80 Å². The Bertz CT molecular complexity index is 728. The first-order valence-corrected chi connectivity index (χ1v) is 9.61. The molecule has 26 heavy (non-hydrogen) atoms. The largest absolute Gasteiger partial charge is 0.340 e. The molecule has 0 saturated carbocycles. The van der Waals surface area contributed by atoms with Crippen LogP contribution in [0.4, 0.5) is 0 Å². The third-order valence-corrected chi connectivity index (χ3v) is 5.40. The van der Waals surface area contributed by atoms with Gasteiger partial charge in [-0.3, -0.25) is 9.48 Å². The number of piperidine rings is 1. The number of nitrogens with zero attached hydrogens (tertiary/aromatic N) is 4. The molecule has 0 spiro atoms. The fraction of sp³-hybridized carbons (Fsp3) is 0.500. The van der Waals surface area contributed by atoms with Gasteiger partial charge in [0.1, 0.15) is 5.69 Å². The van der Waals surface area contributed by atoms with Crippen LogP contribution in [0.1, 0.15) is 28.9 Å². The third kappa shape index (κ3) is 4.86. The highest BCUT2D eigenvalue weighted by Crippen LogP contribution is 2.19. The van der Waals surface area contributed by atoms with E-state index in [0.29, 0.717) is 11.6 Å². The molecule has 2 aromatic rings. The molecule has 0 unspecified atom stereocenters. The Morgan fingerprint density at radius 1 is 1.31 bits per heavy atom. The SMILES string of the molecule is CN(C[C@H]1CCCN(CCc2ccc(Cl)cc2)C1)C(=O)c1ccnn1C. The van der Waals surface area contributed by atoms with Crippen LogP contribution in [0, 0.1) is 5.92 Å². The molecule has 5 nitrogen and oxygen atoms in total. The van der Waals surface area contributed by atoms with Gasteiger partial charge in [0.25, 0.3) is 5.91 Å². The summed E-state index contributed by atoms with van der Waals surface area (Å²) in [6, 6.07) is 9.89. The van der Waals surface area contributed by atoms with Gasteiger partial charge in [-0.05, 0) is 55.5 Å². The number of halogens is 1. The minimum Gasteiger partial charge on any atom is -0.340 e. The van der Waals surface area contributed by atoms with Crippen molar-refractivity contribution in [2.45, 2.75) is 19.3 Å². The molecule has 6 heteroatoms. The summed E-state index contributed by atoms with van der Waals surface area (Å²) in [6.45, 7) is 4.04. The van der Waals surface area contributed by atoms with E-state index in [4.69, 9.17) is 11.6 Å². The van der Waals surface area contributed by atoms with Crippen LogP contribution in [0.15, 0.2) is 36.5 Å². The second-order valence-electron chi connectivity index (χ2n) is 7.21. The molecule has 0 aliphatic carbocycles. The van der Waals surface area contributed by atoms with Crippen molar-refractivity contribution in [2.75, 3.05) is 33.2 Å². The summed E-state index contributed by atoms with van der Waals surface area (Å²) >= 11 is 5.95. The average Bonchev–Trinajstić information content (AvgIpc) is 3.07. The van der Waals surface area contributed by atoms with Crippen LogP contribution in [0.2, 0.25) is 5.02 Å². The summed E-state index contributed by atoms with van der Waals surface area (Å²) in [5, 5.41) is 4.88. The summed E-state index contributed by atoms with van der Waals surface area (Å²) < 4.78 is 1.64. The number of benzene rings is 1. The molecule has 1 fully saturated rings. The molecular formula is C20H27ClN4O.